The minimum atomic E-state index is -0.846. The van der Waals surface area contributed by atoms with E-state index in [2.05, 4.69) is 21.1 Å². The highest BCUT2D eigenvalue weighted by Crippen LogP contribution is 2.26. The van der Waals surface area contributed by atoms with Crippen molar-refractivity contribution >= 4 is 21.9 Å². The number of halogens is 1. The van der Waals surface area contributed by atoms with Crippen molar-refractivity contribution in [2.24, 2.45) is 0 Å². The van der Waals surface area contributed by atoms with Gasteiger partial charge in [-0.05, 0) is 17.7 Å². The number of aliphatic carboxylic acids is 1. The van der Waals surface area contributed by atoms with E-state index in [0.29, 0.717) is 12.2 Å². The third-order valence-electron chi connectivity index (χ3n) is 2.35. The molecule has 0 aliphatic heterocycles. The highest BCUT2D eigenvalue weighted by atomic mass is 79.9. The maximum Gasteiger partial charge on any atom is 0.303 e. The summed E-state index contributed by atoms with van der Waals surface area (Å²) in [5.74, 6) is -0.243. The Morgan fingerprint density at radius 1 is 1.47 bits per heavy atom. The largest absolute Gasteiger partial charge is 0.481 e. The Hall–Kier alpha value is -1.62. The lowest BCUT2D eigenvalue weighted by atomic mass is 10.0. The van der Waals surface area contributed by atoms with Crippen molar-refractivity contribution in [2.45, 2.75) is 12.8 Å². The summed E-state index contributed by atoms with van der Waals surface area (Å²) < 4.78 is 6.04. The second-order valence-electron chi connectivity index (χ2n) is 3.57. The van der Waals surface area contributed by atoms with Crippen LogP contribution >= 0.6 is 15.9 Å². The van der Waals surface area contributed by atoms with E-state index in [0.717, 1.165) is 15.6 Å². The molecule has 0 amide bonds. The number of carbonyl (C=O) groups is 1. The first-order valence-electron chi connectivity index (χ1n) is 5.08. The molecule has 2 rings (SSSR count). The summed E-state index contributed by atoms with van der Waals surface area (Å²) in [4.78, 5) is 10.5. The minimum absolute atomic E-state index is 0.0379. The number of hydrogen-bond acceptors (Lipinski definition) is 3. The number of benzene rings is 1. The van der Waals surface area contributed by atoms with Gasteiger partial charge in [0.15, 0.2) is 0 Å². The topological polar surface area (TPSA) is 63.3 Å². The smallest absolute Gasteiger partial charge is 0.303 e. The Morgan fingerprint density at radius 2 is 2.29 bits per heavy atom. The number of aryl methyl sites for hydroxylation is 1. The number of rotatable bonds is 4. The van der Waals surface area contributed by atoms with E-state index in [-0.39, 0.29) is 6.42 Å². The Morgan fingerprint density at radius 3 is 3.00 bits per heavy atom. The quantitative estimate of drug-likeness (QED) is 0.941. The van der Waals surface area contributed by atoms with Crippen molar-refractivity contribution in [1.29, 1.82) is 0 Å². The van der Waals surface area contributed by atoms with E-state index < -0.39 is 5.97 Å². The predicted molar refractivity (Wildman–Crippen MR) is 65.6 cm³/mol. The lowest BCUT2D eigenvalue weighted by Crippen LogP contribution is -1.97. The van der Waals surface area contributed by atoms with Crippen molar-refractivity contribution in [1.82, 2.24) is 5.16 Å². The summed E-state index contributed by atoms with van der Waals surface area (Å²) in [6, 6.07) is 7.71. The lowest BCUT2D eigenvalue weighted by Gasteiger charge is -2.00. The maximum atomic E-state index is 10.5. The van der Waals surface area contributed by atoms with E-state index >= 15 is 0 Å². The van der Waals surface area contributed by atoms with Crippen LogP contribution in [0, 0.1) is 0 Å². The fourth-order valence-corrected chi connectivity index (χ4v) is 1.96. The van der Waals surface area contributed by atoms with Crippen LogP contribution in [0.4, 0.5) is 0 Å². The van der Waals surface area contributed by atoms with Gasteiger partial charge in [0.05, 0.1) is 12.6 Å². The van der Waals surface area contributed by atoms with Crippen molar-refractivity contribution in [3.8, 4) is 11.1 Å². The Labute approximate surface area is 106 Å². The summed E-state index contributed by atoms with van der Waals surface area (Å²) in [7, 11) is 0. The van der Waals surface area contributed by atoms with Gasteiger partial charge in [-0.25, -0.2) is 0 Å². The van der Waals surface area contributed by atoms with Gasteiger partial charge in [0.1, 0.15) is 5.76 Å². The monoisotopic (exact) mass is 295 g/mol. The van der Waals surface area contributed by atoms with E-state index in [9.17, 15) is 4.79 Å². The van der Waals surface area contributed by atoms with Crippen LogP contribution < -0.4 is 0 Å². The molecule has 1 aromatic heterocycles. The number of carboxylic acids is 1. The molecule has 2 aromatic rings. The molecule has 4 nitrogen and oxygen atoms in total. The van der Waals surface area contributed by atoms with Crippen LogP contribution in [0.1, 0.15) is 12.2 Å². The van der Waals surface area contributed by atoms with Gasteiger partial charge in [-0.2, -0.15) is 0 Å². The molecule has 0 radical (unpaired) electrons. The minimum Gasteiger partial charge on any atom is -0.481 e. The zero-order valence-corrected chi connectivity index (χ0v) is 10.5. The molecular formula is C12H10BrNO3. The first kappa shape index (κ1) is 11.9. The van der Waals surface area contributed by atoms with Crippen LogP contribution in [-0.4, -0.2) is 16.2 Å². The summed E-state index contributed by atoms with van der Waals surface area (Å²) in [5, 5.41) is 12.4. The summed E-state index contributed by atoms with van der Waals surface area (Å²) in [6.45, 7) is 0. The number of aromatic nitrogens is 1. The van der Waals surface area contributed by atoms with E-state index in [1.54, 1.807) is 6.20 Å². The molecular weight excluding hydrogens is 286 g/mol. The van der Waals surface area contributed by atoms with Gasteiger partial charge >= 0.3 is 5.97 Å². The van der Waals surface area contributed by atoms with Crippen LogP contribution in [0.2, 0.25) is 0 Å². The fraction of sp³-hybridized carbons (Fsp3) is 0.167. The third kappa shape index (κ3) is 2.94. The average Bonchev–Trinajstić information content (AvgIpc) is 2.74. The second kappa shape index (κ2) is 5.14. The molecule has 0 aliphatic carbocycles. The number of hydrogen-bond donors (Lipinski definition) is 1. The third-order valence-corrected chi connectivity index (χ3v) is 2.84. The normalized spacial score (nSPS) is 10.4. The molecule has 0 unspecified atom stereocenters. The summed E-state index contributed by atoms with van der Waals surface area (Å²) in [5.41, 5.74) is 1.80. The zero-order valence-electron chi connectivity index (χ0n) is 8.89. The second-order valence-corrected chi connectivity index (χ2v) is 4.48. The first-order chi connectivity index (χ1) is 8.16. The molecule has 0 aliphatic rings. The number of nitrogens with zero attached hydrogens (tertiary/aromatic N) is 1. The van der Waals surface area contributed by atoms with Crippen molar-refractivity contribution in [3.63, 3.8) is 0 Å². The molecule has 0 atom stereocenters. The van der Waals surface area contributed by atoms with Crippen LogP contribution in [0.5, 0.6) is 0 Å². The van der Waals surface area contributed by atoms with E-state index in [1.165, 1.54) is 0 Å². The lowest BCUT2D eigenvalue weighted by molar-refractivity contribution is -0.137. The number of carboxylic acid groups (broad SMARTS) is 1. The molecule has 0 saturated carbocycles. The standard InChI is InChI=1S/C12H10BrNO3/c13-9-3-1-2-8(6-9)10-7-14-17-11(10)4-5-12(15)16/h1-3,6-7H,4-5H2,(H,15,16). The van der Waals surface area contributed by atoms with E-state index in [4.69, 9.17) is 9.63 Å². The van der Waals surface area contributed by atoms with Crippen LogP contribution in [0.3, 0.4) is 0 Å². The molecule has 0 fully saturated rings. The predicted octanol–water partition coefficient (Wildman–Crippen LogP) is 3.12. The van der Waals surface area contributed by atoms with Gasteiger partial charge in [0.2, 0.25) is 0 Å². The van der Waals surface area contributed by atoms with Gasteiger partial charge in [0, 0.05) is 16.5 Å². The van der Waals surface area contributed by atoms with Crippen LogP contribution in [-0.2, 0) is 11.2 Å². The molecule has 5 heteroatoms. The van der Waals surface area contributed by atoms with Crippen LogP contribution in [0.25, 0.3) is 11.1 Å². The van der Waals surface area contributed by atoms with Gasteiger partial charge in [-0.3, -0.25) is 4.79 Å². The zero-order chi connectivity index (χ0) is 12.3. The van der Waals surface area contributed by atoms with Gasteiger partial charge in [-0.15, -0.1) is 0 Å². The van der Waals surface area contributed by atoms with Crippen molar-refractivity contribution in [2.75, 3.05) is 0 Å². The molecule has 1 N–H and O–H groups in total. The highest BCUT2D eigenvalue weighted by molar-refractivity contribution is 9.10. The van der Waals surface area contributed by atoms with Gasteiger partial charge in [0.25, 0.3) is 0 Å². The highest BCUT2D eigenvalue weighted by Gasteiger charge is 2.12. The van der Waals surface area contributed by atoms with E-state index in [1.807, 2.05) is 24.3 Å². The van der Waals surface area contributed by atoms with Crippen molar-refractivity contribution < 1.29 is 14.4 Å². The molecule has 0 bridgehead atoms. The van der Waals surface area contributed by atoms with Crippen molar-refractivity contribution in [3.05, 3.63) is 40.7 Å². The molecule has 1 heterocycles. The first-order valence-corrected chi connectivity index (χ1v) is 5.87. The molecule has 1 aromatic carbocycles. The molecule has 88 valence electrons. The Balaban J connectivity index is 2.27. The average molecular weight is 296 g/mol. The molecule has 17 heavy (non-hydrogen) atoms. The Kier molecular flexibility index (Phi) is 3.58. The van der Waals surface area contributed by atoms with Gasteiger partial charge in [-0.1, -0.05) is 33.2 Å². The molecule has 0 saturated heterocycles. The maximum absolute atomic E-state index is 10.5. The fourth-order valence-electron chi connectivity index (χ4n) is 1.56. The van der Waals surface area contributed by atoms with Gasteiger partial charge < -0.3 is 9.63 Å². The Bertz CT molecular complexity index is 536. The summed E-state index contributed by atoms with van der Waals surface area (Å²) >= 11 is 3.39. The van der Waals surface area contributed by atoms with Crippen LogP contribution in [0.15, 0.2) is 39.5 Å². The summed E-state index contributed by atoms with van der Waals surface area (Å²) in [6.07, 6.45) is 1.99. The SMILES string of the molecule is O=C(O)CCc1oncc1-c1cccc(Br)c1. The molecule has 0 spiro atoms.